The molecule has 2 heterocycles. The number of rotatable bonds is 0. The Bertz CT molecular complexity index is 465. The molecule has 0 aliphatic carbocycles. The fourth-order valence-corrected chi connectivity index (χ4v) is 1.11. The van der Waals surface area contributed by atoms with Gasteiger partial charge in [0.2, 0.25) is 5.71 Å². The highest BCUT2D eigenvalue weighted by Crippen LogP contribution is 2.16. The summed E-state index contributed by atoms with van der Waals surface area (Å²) in [6, 6.07) is 7.36. The van der Waals surface area contributed by atoms with E-state index in [9.17, 15) is 0 Å². The van der Waals surface area contributed by atoms with Crippen molar-refractivity contribution >= 4 is 11.1 Å². The summed E-state index contributed by atoms with van der Waals surface area (Å²) < 4.78 is 5.25. The van der Waals surface area contributed by atoms with Gasteiger partial charge in [0.1, 0.15) is 17.5 Å². The lowest BCUT2D eigenvalue weighted by Gasteiger charge is -1.86. The van der Waals surface area contributed by atoms with Crippen LogP contribution in [0.3, 0.4) is 0 Å². The van der Waals surface area contributed by atoms with E-state index in [2.05, 4.69) is 4.98 Å². The Balaban J connectivity index is 2.77. The molecule has 2 aromatic rings. The van der Waals surface area contributed by atoms with Crippen LogP contribution in [0, 0.1) is 18.3 Å². The first-order valence-corrected chi connectivity index (χ1v) is 3.57. The van der Waals surface area contributed by atoms with Crippen LogP contribution in [0.15, 0.2) is 22.6 Å². The molecule has 0 aromatic carbocycles. The lowest BCUT2D eigenvalue weighted by atomic mass is 10.3. The Kier molecular flexibility index (Phi) is 1.34. The lowest BCUT2D eigenvalue weighted by Crippen LogP contribution is -1.79. The van der Waals surface area contributed by atoms with E-state index in [1.54, 1.807) is 6.07 Å². The van der Waals surface area contributed by atoms with Crippen LogP contribution < -0.4 is 0 Å². The fraction of sp³-hybridized carbons (Fsp3) is 0.111. The van der Waals surface area contributed by atoms with Crippen LogP contribution in [-0.2, 0) is 0 Å². The van der Waals surface area contributed by atoms with E-state index < -0.39 is 0 Å². The lowest BCUT2D eigenvalue weighted by molar-refractivity contribution is 0.567. The maximum atomic E-state index is 8.55. The Morgan fingerprint density at radius 3 is 3.08 bits per heavy atom. The molecular weight excluding hydrogens is 152 g/mol. The van der Waals surface area contributed by atoms with Crippen LogP contribution in [-0.4, -0.2) is 4.98 Å². The molecule has 0 amide bonds. The third-order valence-corrected chi connectivity index (χ3v) is 1.62. The summed E-state index contributed by atoms with van der Waals surface area (Å²) in [5.74, 6) is 0.813. The maximum absolute atomic E-state index is 8.55. The monoisotopic (exact) mass is 158 g/mol. The number of hydrogen-bond acceptors (Lipinski definition) is 3. The molecule has 0 spiro atoms. The molecule has 0 radical (unpaired) electrons. The number of nitriles is 1. The molecule has 12 heavy (non-hydrogen) atoms. The Morgan fingerprint density at radius 2 is 2.33 bits per heavy atom. The van der Waals surface area contributed by atoms with Crippen LogP contribution in [0.2, 0.25) is 0 Å². The Labute approximate surface area is 69.2 Å². The summed E-state index contributed by atoms with van der Waals surface area (Å²) in [6.45, 7) is 1.85. The van der Waals surface area contributed by atoms with E-state index >= 15 is 0 Å². The number of aromatic nitrogens is 1. The van der Waals surface area contributed by atoms with E-state index in [-0.39, 0.29) is 0 Å². The Hall–Kier alpha value is -1.82. The number of fused-ring (bicyclic) bond motifs is 1. The van der Waals surface area contributed by atoms with Gasteiger partial charge in [-0.05, 0) is 25.1 Å². The molecule has 3 nitrogen and oxygen atoms in total. The number of aryl methyl sites for hydroxylation is 1. The van der Waals surface area contributed by atoms with Crippen LogP contribution in [0.25, 0.3) is 11.1 Å². The second-order valence-corrected chi connectivity index (χ2v) is 2.56. The van der Waals surface area contributed by atoms with Gasteiger partial charge in [0, 0.05) is 5.39 Å². The topological polar surface area (TPSA) is 49.8 Å². The van der Waals surface area contributed by atoms with E-state index in [0.717, 1.165) is 11.1 Å². The van der Waals surface area contributed by atoms with Crippen molar-refractivity contribution < 1.29 is 4.42 Å². The molecule has 0 fully saturated rings. The van der Waals surface area contributed by atoms with Crippen molar-refractivity contribution in [1.82, 2.24) is 4.98 Å². The van der Waals surface area contributed by atoms with Crippen LogP contribution in [0.4, 0.5) is 0 Å². The SMILES string of the molecule is Cc1cc2ccc(C#N)nc2o1. The molecule has 0 aliphatic rings. The van der Waals surface area contributed by atoms with Gasteiger partial charge in [-0.15, -0.1) is 0 Å². The minimum Gasteiger partial charge on any atom is -0.443 e. The highest BCUT2D eigenvalue weighted by Gasteiger charge is 2.01. The third kappa shape index (κ3) is 0.940. The van der Waals surface area contributed by atoms with E-state index in [0.29, 0.717) is 11.4 Å². The molecule has 2 aromatic heterocycles. The minimum atomic E-state index is 0.386. The molecule has 0 saturated carbocycles. The molecule has 2 rings (SSSR count). The van der Waals surface area contributed by atoms with Gasteiger partial charge in [-0.1, -0.05) is 0 Å². The zero-order chi connectivity index (χ0) is 8.55. The normalized spacial score (nSPS) is 10.0. The second-order valence-electron chi connectivity index (χ2n) is 2.56. The molecule has 0 aliphatic heterocycles. The molecule has 58 valence electrons. The van der Waals surface area contributed by atoms with E-state index in [4.69, 9.17) is 9.68 Å². The maximum Gasteiger partial charge on any atom is 0.227 e. The highest BCUT2D eigenvalue weighted by molar-refractivity contribution is 5.74. The summed E-state index contributed by atoms with van der Waals surface area (Å²) in [6.07, 6.45) is 0. The van der Waals surface area contributed by atoms with E-state index in [1.807, 2.05) is 25.1 Å². The molecule has 0 unspecified atom stereocenters. The molecule has 0 bridgehead atoms. The third-order valence-electron chi connectivity index (χ3n) is 1.62. The first-order chi connectivity index (χ1) is 5.79. The molecule has 0 N–H and O–H groups in total. The van der Waals surface area contributed by atoms with Crippen molar-refractivity contribution in [1.29, 1.82) is 5.26 Å². The summed E-state index contributed by atoms with van der Waals surface area (Å²) >= 11 is 0. The first kappa shape index (κ1) is 6.86. The average Bonchev–Trinajstić information content (AvgIpc) is 2.43. The number of hydrogen-bond donors (Lipinski definition) is 0. The fourth-order valence-electron chi connectivity index (χ4n) is 1.11. The van der Waals surface area contributed by atoms with Gasteiger partial charge in [0.25, 0.3) is 0 Å². The van der Waals surface area contributed by atoms with Crippen molar-refractivity contribution in [2.75, 3.05) is 0 Å². The van der Waals surface area contributed by atoms with Crippen LogP contribution in [0.5, 0.6) is 0 Å². The quantitative estimate of drug-likeness (QED) is 0.589. The van der Waals surface area contributed by atoms with Gasteiger partial charge in [-0.2, -0.15) is 5.26 Å². The summed E-state index contributed by atoms with van der Waals surface area (Å²) in [7, 11) is 0. The number of nitrogens with zero attached hydrogens (tertiary/aromatic N) is 2. The summed E-state index contributed by atoms with van der Waals surface area (Å²) in [4.78, 5) is 3.99. The van der Waals surface area contributed by atoms with Gasteiger partial charge in [0.05, 0.1) is 0 Å². The average molecular weight is 158 g/mol. The van der Waals surface area contributed by atoms with Gasteiger partial charge in [-0.25, -0.2) is 4.98 Å². The first-order valence-electron chi connectivity index (χ1n) is 3.57. The van der Waals surface area contributed by atoms with Crippen LogP contribution in [0.1, 0.15) is 11.5 Å². The minimum absolute atomic E-state index is 0.386. The van der Waals surface area contributed by atoms with Crippen molar-refractivity contribution in [3.8, 4) is 6.07 Å². The smallest absolute Gasteiger partial charge is 0.227 e. The van der Waals surface area contributed by atoms with Gasteiger partial charge >= 0.3 is 0 Å². The molecule has 3 heteroatoms. The van der Waals surface area contributed by atoms with Gasteiger partial charge in [-0.3, -0.25) is 0 Å². The number of furan rings is 1. The van der Waals surface area contributed by atoms with Crippen molar-refractivity contribution in [2.45, 2.75) is 6.92 Å². The second kappa shape index (κ2) is 2.35. The largest absolute Gasteiger partial charge is 0.443 e. The van der Waals surface area contributed by atoms with Gasteiger partial charge in [0.15, 0.2) is 0 Å². The standard InChI is InChI=1S/C9H6N2O/c1-6-4-7-2-3-8(5-10)11-9(7)12-6/h2-4H,1H3. The number of pyridine rings is 1. The highest BCUT2D eigenvalue weighted by atomic mass is 16.3. The molecule has 0 atom stereocenters. The van der Waals surface area contributed by atoms with Gasteiger partial charge < -0.3 is 4.42 Å². The Morgan fingerprint density at radius 1 is 1.50 bits per heavy atom. The zero-order valence-electron chi connectivity index (χ0n) is 6.53. The van der Waals surface area contributed by atoms with Crippen molar-refractivity contribution in [3.63, 3.8) is 0 Å². The summed E-state index contributed by atoms with van der Waals surface area (Å²) in [5.41, 5.74) is 0.920. The predicted octanol–water partition coefficient (Wildman–Crippen LogP) is 2.01. The predicted molar refractivity (Wildman–Crippen MR) is 43.5 cm³/mol. The zero-order valence-corrected chi connectivity index (χ0v) is 6.53. The summed E-state index contributed by atoms with van der Waals surface area (Å²) in [5, 5.41) is 9.49. The molecule has 0 saturated heterocycles. The van der Waals surface area contributed by atoms with Crippen LogP contribution >= 0.6 is 0 Å². The molecular formula is C9H6N2O. The van der Waals surface area contributed by atoms with Crippen molar-refractivity contribution in [3.05, 3.63) is 29.7 Å². The van der Waals surface area contributed by atoms with Crippen molar-refractivity contribution in [2.24, 2.45) is 0 Å². The van der Waals surface area contributed by atoms with E-state index in [1.165, 1.54) is 0 Å².